The third-order valence-corrected chi connectivity index (χ3v) is 2.23. The Balaban J connectivity index is 2.03. The van der Waals surface area contributed by atoms with Crippen LogP contribution in [0.25, 0.3) is 0 Å². The fourth-order valence-corrected chi connectivity index (χ4v) is 1.59. The van der Waals surface area contributed by atoms with Gasteiger partial charge in [-0.15, -0.1) is 0 Å². The first kappa shape index (κ1) is 8.02. The van der Waals surface area contributed by atoms with E-state index in [2.05, 4.69) is 26.0 Å². The summed E-state index contributed by atoms with van der Waals surface area (Å²) < 4.78 is 11.1. The van der Waals surface area contributed by atoms with Crippen molar-refractivity contribution in [2.24, 2.45) is 0 Å². The molecule has 0 radical (unpaired) electrons. The van der Waals surface area contributed by atoms with Crippen LogP contribution >= 0.6 is 0 Å². The quantitative estimate of drug-likeness (QED) is 0.552. The topological polar surface area (TPSA) is 18.5 Å². The van der Waals surface area contributed by atoms with E-state index in [9.17, 15) is 0 Å². The van der Waals surface area contributed by atoms with Gasteiger partial charge in [-0.1, -0.05) is 12.2 Å². The molecule has 0 saturated heterocycles. The van der Waals surface area contributed by atoms with E-state index in [4.69, 9.17) is 9.47 Å². The molecule has 0 saturated carbocycles. The van der Waals surface area contributed by atoms with E-state index in [-0.39, 0.29) is 12.2 Å². The second kappa shape index (κ2) is 3.04. The summed E-state index contributed by atoms with van der Waals surface area (Å²) in [5.74, 6) is 0. The van der Waals surface area contributed by atoms with Gasteiger partial charge in [-0.25, -0.2) is 0 Å². The molecule has 2 aliphatic rings. The molecule has 66 valence electrons. The van der Waals surface area contributed by atoms with Crippen LogP contribution in [0.2, 0.25) is 0 Å². The minimum absolute atomic E-state index is 0.155. The molecule has 0 bridgehead atoms. The summed E-state index contributed by atoms with van der Waals surface area (Å²) in [6.45, 7) is 5.70. The molecule has 2 atom stereocenters. The maximum atomic E-state index is 5.54. The fraction of sp³-hybridized carbons (Fsp3) is 0.600. The fourth-order valence-electron chi connectivity index (χ4n) is 1.59. The van der Waals surface area contributed by atoms with Crippen molar-refractivity contribution >= 4 is 0 Å². The summed E-state index contributed by atoms with van der Waals surface area (Å²) in [4.78, 5) is 0. The zero-order valence-electron chi connectivity index (χ0n) is 7.54. The second-order valence-electron chi connectivity index (χ2n) is 3.58. The van der Waals surface area contributed by atoms with Crippen LogP contribution in [0.1, 0.15) is 13.8 Å². The third kappa shape index (κ3) is 1.45. The van der Waals surface area contributed by atoms with Gasteiger partial charge in [0.2, 0.25) is 0 Å². The van der Waals surface area contributed by atoms with Crippen molar-refractivity contribution in [2.45, 2.75) is 26.1 Å². The van der Waals surface area contributed by atoms with Crippen LogP contribution in [0, 0.1) is 0 Å². The molecule has 0 amide bonds. The molecular weight excluding hydrogens is 152 g/mol. The van der Waals surface area contributed by atoms with Crippen molar-refractivity contribution in [2.75, 3.05) is 13.2 Å². The molecular formula is C10H14O2. The van der Waals surface area contributed by atoms with Gasteiger partial charge < -0.3 is 9.47 Å². The van der Waals surface area contributed by atoms with Gasteiger partial charge in [-0.3, -0.25) is 0 Å². The highest BCUT2D eigenvalue weighted by Crippen LogP contribution is 2.22. The van der Waals surface area contributed by atoms with E-state index in [0.717, 1.165) is 13.2 Å². The van der Waals surface area contributed by atoms with Crippen LogP contribution in [0.5, 0.6) is 0 Å². The Morgan fingerprint density at radius 2 is 1.42 bits per heavy atom. The number of hydrogen-bond donors (Lipinski definition) is 0. The minimum atomic E-state index is 0.155. The summed E-state index contributed by atoms with van der Waals surface area (Å²) in [6.07, 6.45) is 4.62. The lowest BCUT2D eigenvalue weighted by atomic mass is 10.1. The Morgan fingerprint density at radius 3 is 1.67 bits per heavy atom. The molecule has 0 aromatic carbocycles. The van der Waals surface area contributed by atoms with Crippen LogP contribution in [-0.4, -0.2) is 25.4 Å². The standard InChI is InChI=1S/C10H14O2/c1-7-3-9(11-5-7)10-4-8(2)6-12-10/h3-4,9-10H,5-6H2,1-2H3. The molecule has 0 spiro atoms. The zero-order valence-corrected chi connectivity index (χ0v) is 7.54. The third-order valence-electron chi connectivity index (χ3n) is 2.23. The lowest BCUT2D eigenvalue weighted by Crippen LogP contribution is -2.23. The predicted molar refractivity (Wildman–Crippen MR) is 47.0 cm³/mol. The summed E-state index contributed by atoms with van der Waals surface area (Å²) in [7, 11) is 0. The number of rotatable bonds is 1. The normalized spacial score (nSPS) is 35.2. The molecule has 0 N–H and O–H groups in total. The Bertz CT molecular complexity index is 214. The lowest BCUT2D eigenvalue weighted by Gasteiger charge is -2.13. The Morgan fingerprint density at radius 1 is 1.00 bits per heavy atom. The molecule has 2 nitrogen and oxygen atoms in total. The van der Waals surface area contributed by atoms with E-state index in [0.29, 0.717) is 0 Å². The van der Waals surface area contributed by atoms with E-state index in [1.54, 1.807) is 0 Å². The van der Waals surface area contributed by atoms with Gasteiger partial charge in [0.05, 0.1) is 13.2 Å². The molecule has 2 aliphatic heterocycles. The summed E-state index contributed by atoms with van der Waals surface area (Å²) in [5, 5.41) is 0. The van der Waals surface area contributed by atoms with Gasteiger partial charge in [0, 0.05) is 0 Å². The van der Waals surface area contributed by atoms with E-state index in [1.165, 1.54) is 11.1 Å². The molecule has 0 fully saturated rings. The van der Waals surface area contributed by atoms with Gasteiger partial charge in [-0.2, -0.15) is 0 Å². The van der Waals surface area contributed by atoms with Gasteiger partial charge in [0.15, 0.2) is 0 Å². The van der Waals surface area contributed by atoms with Gasteiger partial charge in [-0.05, 0) is 25.0 Å². The van der Waals surface area contributed by atoms with E-state index in [1.807, 2.05) is 0 Å². The number of hydrogen-bond acceptors (Lipinski definition) is 2. The molecule has 0 aromatic heterocycles. The summed E-state index contributed by atoms with van der Waals surface area (Å²) in [5.41, 5.74) is 2.61. The average Bonchev–Trinajstić information content (AvgIpc) is 2.58. The van der Waals surface area contributed by atoms with Crippen molar-refractivity contribution in [3.63, 3.8) is 0 Å². The smallest absolute Gasteiger partial charge is 0.106 e. The van der Waals surface area contributed by atoms with Crippen molar-refractivity contribution in [1.82, 2.24) is 0 Å². The first-order chi connectivity index (χ1) is 5.75. The largest absolute Gasteiger partial charge is 0.367 e. The SMILES string of the molecule is CC1=CC(C2C=C(C)CO2)OC1. The lowest BCUT2D eigenvalue weighted by molar-refractivity contribution is 0.00732. The van der Waals surface area contributed by atoms with Gasteiger partial charge in [0.1, 0.15) is 12.2 Å². The number of ether oxygens (including phenoxy) is 2. The highest BCUT2D eigenvalue weighted by Gasteiger charge is 2.26. The Kier molecular flexibility index (Phi) is 2.03. The maximum absolute atomic E-state index is 5.54. The van der Waals surface area contributed by atoms with Crippen LogP contribution < -0.4 is 0 Å². The van der Waals surface area contributed by atoms with E-state index < -0.39 is 0 Å². The van der Waals surface area contributed by atoms with Crippen molar-refractivity contribution in [3.8, 4) is 0 Å². The molecule has 12 heavy (non-hydrogen) atoms. The van der Waals surface area contributed by atoms with Crippen LogP contribution in [-0.2, 0) is 9.47 Å². The summed E-state index contributed by atoms with van der Waals surface area (Å²) in [6, 6.07) is 0. The molecule has 0 aliphatic carbocycles. The van der Waals surface area contributed by atoms with Gasteiger partial charge in [0.25, 0.3) is 0 Å². The molecule has 2 unspecified atom stereocenters. The van der Waals surface area contributed by atoms with Crippen LogP contribution in [0.4, 0.5) is 0 Å². The summed E-state index contributed by atoms with van der Waals surface area (Å²) >= 11 is 0. The Hall–Kier alpha value is -0.600. The first-order valence-corrected chi connectivity index (χ1v) is 4.33. The first-order valence-electron chi connectivity index (χ1n) is 4.33. The van der Waals surface area contributed by atoms with Crippen molar-refractivity contribution in [3.05, 3.63) is 23.3 Å². The van der Waals surface area contributed by atoms with Crippen molar-refractivity contribution in [1.29, 1.82) is 0 Å². The molecule has 0 aromatic rings. The van der Waals surface area contributed by atoms with Crippen LogP contribution in [0.3, 0.4) is 0 Å². The molecule has 2 heteroatoms. The predicted octanol–water partition coefficient (Wildman–Crippen LogP) is 1.68. The average molecular weight is 166 g/mol. The highest BCUT2D eigenvalue weighted by molar-refractivity contribution is 5.18. The minimum Gasteiger partial charge on any atom is -0.367 e. The van der Waals surface area contributed by atoms with E-state index >= 15 is 0 Å². The molecule has 2 heterocycles. The molecule has 2 rings (SSSR count). The monoisotopic (exact) mass is 166 g/mol. The van der Waals surface area contributed by atoms with Crippen molar-refractivity contribution < 1.29 is 9.47 Å². The van der Waals surface area contributed by atoms with Gasteiger partial charge >= 0.3 is 0 Å². The Labute approximate surface area is 72.9 Å². The highest BCUT2D eigenvalue weighted by atomic mass is 16.5. The second-order valence-corrected chi connectivity index (χ2v) is 3.58. The van der Waals surface area contributed by atoms with Crippen LogP contribution in [0.15, 0.2) is 23.3 Å². The zero-order chi connectivity index (χ0) is 8.55. The maximum Gasteiger partial charge on any atom is 0.106 e.